The predicted octanol–water partition coefficient (Wildman–Crippen LogP) is 16.2. The zero-order chi connectivity index (χ0) is 41.1. The number of hydrogen-bond acceptors (Lipinski definition) is 2. The SMILES string of the molecule is C=C/C(=C\C=C\c1cccc2ccccc12)N(c1ccc(-c2cccc3c2C(C)(C)c2ccccc2-3)cc1)c1ccccc1C1CC=Cc2c1oc1c2ccc2ccccc21. The zero-order valence-electron chi connectivity index (χ0n) is 34.5. The first kappa shape index (κ1) is 36.6. The first-order valence-electron chi connectivity index (χ1n) is 21.3. The summed E-state index contributed by atoms with van der Waals surface area (Å²) >= 11 is 0. The van der Waals surface area contributed by atoms with Crippen LogP contribution in [0.2, 0.25) is 0 Å². The van der Waals surface area contributed by atoms with Gasteiger partial charge in [0, 0.05) is 39.1 Å². The average Bonchev–Trinajstić information content (AvgIpc) is 3.81. The maximum absolute atomic E-state index is 6.97. The van der Waals surface area contributed by atoms with Gasteiger partial charge in [-0.05, 0) is 104 Å². The maximum atomic E-state index is 6.97. The molecule has 0 saturated heterocycles. The molecule has 8 aromatic carbocycles. The summed E-state index contributed by atoms with van der Waals surface area (Å²) in [5, 5.41) is 5.93. The summed E-state index contributed by atoms with van der Waals surface area (Å²) in [6.45, 7) is 9.13. The highest BCUT2D eigenvalue weighted by molar-refractivity contribution is 6.07. The Morgan fingerprint density at radius 1 is 0.656 bits per heavy atom. The van der Waals surface area contributed by atoms with Crippen molar-refractivity contribution in [2.75, 3.05) is 4.90 Å². The number of rotatable bonds is 8. The van der Waals surface area contributed by atoms with Gasteiger partial charge in [-0.1, -0.05) is 190 Å². The third-order valence-corrected chi connectivity index (χ3v) is 13.0. The van der Waals surface area contributed by atoms with E-state index in [-0.39, 0.29) is 11.3 Å². The molecule has 1 atom stereocenters. The van der Waals surface area contributed by atoms with Gasteiger partial charge >= 0.3 is 0 Å². The highest BCUT2D eigenvalue weighted by Crippen LogP contribution is 2.52. The molecule has 0 radical (unpaired) electrons. The number of anilines is 2. The largest absolute Gasteiger partial charge is 0.459 e. The van der Waals surface area contributed by atoms with E-state index in [0.29, 0.717) is 0 Å². The molecule has 0 N–H and O–H groups in total. The van der Waals surface area contributed by atoms with Crippen molar-refractivity contribution in [1.82, 2.24) is 0 Å². The van der Waals surface area contributed by atoms with E-state index < -0.39 is 0 Å². The van der Waals surface area contributed by atoms with Crippen LogP contribution >= 0.6 is 0 Å². The molecule has 11 rings (SSSR count). The number of allylic oxidation sites excluding steroid dienone is 4. The predicted molar refractivity (Wildman–Crippen MR) is 258 cm³/mol. The highest BCUT2D eigenvalue weighted by Gasteiger charge is 2.37. The van der Waals surface area contributed by atoms with Gasteiger partial charge in [-0.2, -0.15) is 0 Å². The second-order valence-corrected chi connectivity index (χ2v) is 16.8. The van der Waals surface area contributed by atoms with Gasteiger partial charge in [0.05, 0.1) is 5.69 Å². The Morgan fingerprint density at radius 2 is 1.34 bits per heavy atom. The van der Waals surface area contributed by atoms with Crippen LogP contribution in [-0.4, -0.2) is 0 Å². The molecule has 2 heteroatoms. The lowest BCUT2D eigenvalue weighted by Gasteiger charge is -2.31. The molecule has 1 unspecified atom stereocenters. The van der Waals surface area contributed by atoms with Crippen LogP contribution in [0.3, 0.4) is 0 Å². The van der Waals surface area contributed by atoms with Crippen LogP contribution in [0.1, 0.15) is 59.8 Å². The van der Waals surface area contributed by atoms with Crippen molar-refractivity contribution >= 4 is 56.0 Å². The molecule has 0 spiro atoms. The summed E-state index contributed by atoms with van der Waals surface area (Å²) in [5.41, 5.74) is 15.4. The number of hydrogen-bond donors (Lipinski definition) is 0. The van der Waals surface area contributed by atoms with Crippen molar-refractivity contribution in [1.29, 1.82) is 0 Å². The van der Waals surface area contributed by atoms with Crippen LogP contribution in [0.15, 0.2) is 211 Å². The fourth-order valence-electron chi connectivity index (χ4n) is 10.2. The first-order chi connectivity index (χ1) is 30.0. The summed E-state index contributed by atoms with van der Waals surface area (Å²) in [7, 11) is 0. The lowest BCUT2D eigenvalue weighted by molar-refractivity contribution is 0.519. The number of para-hydroxylation sites is 1. The summed E-state index contributed by atoms with van der Waals surface area (Å²) in [5.74, 6) is 1.02. The van der Waals surface area contributed by atoms with Crippen molar-refractivity contribution in [2.45, 2.75) is 31.6 Å². The number of nitrogens with zero attached hydrogens (tertiary/aromatic N) is 1. The Morgan fingerprint density at radius 3 is 2.20 bits per heavy atom. The van der Waals surface area contributed by atoms with Crippen LogP contribution in [0.4, 0.5) is 11.4 Å². The molecule has 292 valence electrons. The van der Waals surface area contributed by atoms with Gasteiger partial charge in [-0.25, -0.2) is 0 Å². The third kappa shape index (κ3) is 6.01. The normalized spacial score (nSPS) is 15.3. The Balaban J connectivity index is 1.05. The van der Waals surface area contributed by atoms with Gasteiger partial charge in [0.2, 0.25) is 0 Å². The highest BCUT2D eigenvalue weighted by atomic mass is 16.3. The van der Waals surface area contributed by atoms with E-state index in [9.17, 15) is 0 Å². The summed E-state index contributed by atoms with van der Waals surface area (Å²) in [6.07, 6.45) is 13.9. The van der Waals surface area contributed by atoms with Gasteiger partial charge in [0.25, 0.3) is 0 Å². The standard InChI is InChI=1S/C59H45NO/c1-4-43(22-14-21-40-20-13-19-39-17-5-7-23-45(39)40)60(44-36-33-42(34-37-44)46-27-15-28-50-48-25-9-11-31-54(48)59(2,3)56(46)50)55-32-12-10-26-49(55)51-29-16-30-52-53-38-35-41-18-6-8-24-47(41)57(53)61-58(51)52/h4-28,30-38,51H,1,29H2,2-3H3/b21-14+,43-22+. The second-order valence-electron chi connectivity index (χ2n) is 16.8. The molecule has 0 fully saturated rings. The number of furan rings is 1. The van der Waals surface area contributed by atoms with E-state index in [4.69, 9.17) is 4.42 Å². The van der Waals surface area contributed by atoms with E-state index in [1.54, 1.807) is 0 Å². The molecule has 0 amide bonds. The van der Waals surface area contributed by atoms with Crippen molar-refractivity contribution in [3.8, 4) is 22.3 Å². The van der Waals surface area contributed by atoms with Crippen LogP contribution in [0.25, 0.3) is 66.9 Å². The van der Waals surface area contributed by atoms with Crippen molar-refractivity contribution in [2.24, 2.45) is 0 Å². The van der Waals surface area contributed by atoms with Gasteiger partial charge < -0.3 is 9.32 Å². The average molecular weight is 784 g/mol. The Hall–Kier alpha value is -7.42. The lowest BCUT2D eigenvalue weighted by atomic mass is 9.79. The minimum Gasteiger partial charge on any atom is -0.459 e. The number of fused-ring (bicyclic) bond motifs is 9. The van der Waals surface area contributed by atoms with Crippen molar-refractivity contribution in [3.05, 3.63) is 240 Å². The molecule has 9 aromatic rings. The van der Waals surface area contributed by atoms with E-state index in [1.807, 2.05) is 6.08 Å². The van der Waals surface area contributed by atoms with Crippen molar-refractivity contribution in [3.63, 3.8) is 0 Å². The minimum atomic E-state index is -0.114. The minimum absolute atomic E-state index is 0.0113. The maximum Gasteiger partial charge on any atom is 0.142 e. The summed E-state index contributed by atoms with van der Waals surface area (Å²) in [4.78, 5) is 2.37. The second kappa shape index (κ2) is 14.7. The third-order valence-electron chi connectivity index (χ3n) is 13.0. The first-order valence-corrected chi connectivity index (χ1v) is 21.3. The Bertz CT molecular complexity index is 3270. The van der Waals surface area contributed by atoms with E-state index in [1.165, 1.54) is 66.2 Å². The summed E-state index contributed by atoms with van der Waals surface area (Å²) in [6, 6.07) is 61.5. The molecule has 2 nitrogen and oxygen atoms in total. The summed E-state index contributed by atoms with van der Waals surface area (Å²) < 4.78 is 6.97. The molecule has 1 heterocycles. The van der Waals surface area contributed by atoms with Gasteiger partial charge in [-0.3, -0.25) is 0 Å². The molecular weight excluding hydrogens is 739 g/mol. The molecule has 61 heavy (non-hydrogen) atoms. The molecule has 1 aromatic heterocycles. The van der Waals surface area contributed by atoms with Crippen LogP contribution in [0, 0.1) is 0 Å². The monoisotopic (exact) mass is 783 g/mol. The fraction of sp³-hybridized carbons (Fsp3) is 0.0847. The quantitative estimate of drug-likeness (QED) is 0.143. The number of benzene rings is 8. The van der Waals surface area contributed by atoms with Crippen LogP contribution < -0.4 is 4.90 Å². The van der Waals surface area contributed by atoms with Crippen LogP contribution in [0.5, 0.6) is 0 Å². The van der Waals surface area contributed by atoms with Crippen LogP contribution in [-0.2, 0) is 5.41 Å². The van der Waals surface area contributed by atoms with E-state index >= 15 is 0 Å². The van der Waals surface area contributed by atoms with Gasteiger partial charge in [0.15, 0.2) is 0 Å². The molecule has 2 aliphatic carbocycles. The van der Waals surface area contributed by atoms with E-state index in [0.717, 1.165) is 45.6 Å². The molecule has 0 bridgehead atoms. The Labute approximate surface area is 357 Å². The fourth-order valence-corrected chi connectivity index (χ4v) is 10.2. The Kier molecular flexibility index (Phi) is 8.83. The topological polar surface area (TPSA) is 16.4 Å². The van der Waals surface area contributed by atoms with Gasteiger partial charge in [0.1, 0.15) is 11.3 Å². The molecule has 2 aliphatic rings. The van der Waals surface area contributed by atoms with Gasteiger partial charge in [-0.15, -0.1) is 0 Å². The lowest BCUT2D eigenvalue weighted by Crippen LogP contribution is -2.18. The molecule has 0 saturated carbocycles. The van der Waals surface area contributed by atoms with Crippen molar-refractivity contribution < 1.29 is 4.42 Å². The molecule has 0 aliphatic heterocycles. The zero-order valence-corrected chi connectivity index (χ0v) is 34.5. The van der Waals surface area contributed by atoms with E-state index in [2.05, 4.69) is 226 Å². The smallest absolute Gasteiger partial charge is 0.142 e. The molecular formula is C59H45NO.